The van der Waals surface area contributed by atoms with Gasteiger partial charge in [0.1, 0.15) is 30.2 Å². The zero-order valence-electron chi connectivity index (χ0n) is 20.3. The van der Waals surface area contributed by atoms with E-state index in [0.29, 0.717) is 0 Å². The number of aromatic amines is 1. The van der Waals surface area contributed by atoms with Gasteiger partial charge >= 0.3 is 19.4 Å². The number of nitrogen functional groups attached to an aromatic ring is 1. The number of hydrogen-bond donors (Lipinski definition) is 4. The van der Waals surface area contributed by atoms with E-state index >= 15 is 4.39 Å². The monoisotopic (exact) mass is 529 g/mol. The van der Waals surface area contributed by atoms with Gasteiger partial charge in [-0.2, -0.15) is 19.4 Å². The first kappa shape index (κ1) is 27.8. The predicted molar refractivity (Wildman–Crippen MR) is 126 cm³/mol. The molecule has 3 rings (SSSR count). The minimum atomic E-state index is -4.28. The first-order valence-electron chi connectivity index (χ1n) is 11.2. The van der Waals surface area contributed by atoms with Gasteiger partial charge in [-0.25, -0.2) is 8.96 Å². The van der Waals surface area contributed by atoms with Gasteiger partial charge in [-0.3, -0.25) is 9.32 Å². The normalized spacial score (nSPS) is 26.4. The number of nitrogens with one attached hydrogen (secondary N) is 2. The van der Waals surface area contributed by atoms with Crippen molar-refractivity contribution >= 4 is 19.5 Å². The summed E-state index contributed by atoms with van der Waals surface area (Å²) in [4.78, 5) is 26.8. The van der Waals surface area contributed by atoms with Crippen molar-refractivity contribution in [1.82, 2.24) is 10.1 Å². The smallest absolute Gasteiger partial charge is 0.462 e. The van der Waals surface area contributed by atoms with E-state index in [1.54, 1.807) is 32.0 Å². The molecule has 2 heterocycles. The molecule has 1 aliphatic rings. The number of aliphatic hydroxyl groups is 1. The molecule has 5 N–H and O–H groups in total. The van der Waals surface area contributed by atoms with E-state index in [1.807, 2.05) is 0 Å². The fourth-order valence-electron chi connectivity index (χ4n) is 3.50. The Labute approximate surface area is 207 Å². The Hall–Kier alpha value is -2.83. The third-order valence-electron chi connectivity index (χ3n) is 5.30. The Morgan fingerprint density at radius 2 is 2.00 bits per heavy atom. The van der Waals surface area contributed by atoms with Crippen molar-refractivity contribution in [2.45, 2.75) is 63.9 Å². The van der Waals surface area contributed by atoms with Crippen LogP contribution < -0.4 is 25.6 Å². The highest BCUT2D eigenvalue weighted by atomic mass is 31.2. The van der Waals surface area contributed by atoms with Crippen molar-refractivity contribution in [3.8, 4) is 5.75 Å². The topological polar surface area (TPSA) is 166 Å². The van der Waals surface area contributed by atoms with Crippen LogP contribution in [-0.4, -0.2) is 52.7 Å². The van der Waals surface area contributed by atoms with Crippen molar-refractivity contribution in [2.75, 3.05) is 12.3 Å². The van der Waals surface area contributed by atoms with Gasteiger partial charge in [0, 0.05) is 6.07 Å². The third kappa shape index (κ3) is 6.48. The number of carbonyl (C=O) groups excluding carboxylic acids is 1. The number of H-pyrrole nitrogens is 1. The van der Waals surface area contributed by atoms with Gasteiger partial charge in [0.25, 0.3) is 0 Å². The lowest BCUT2D eigenvalue weighted by Gasteiger charge is -2.25. The summed E-state index contributed by atoms with van der Waals surface area (Å²) in [7, 11) is -4.28. The van der Waals surface area contributed by atoms with Crippen LogP contribution in [0.4, 0.5) is 10.2 Å². The summed E-state index contributed by atoms with van der Waals surface area (Å²) in [6.07, 6.45) is -3.83. The zero-order valence-corrected chi connectivity index (χ0v) is 21.2. The predicted octanol–water partition coefficient (Wildman–Crippen LogP) is 1.36. The van der Waals surface area contributed by atoms with Gasteiger partial charge in [0.2, 0.25) is 11.9 Å². The fourth-order valence-corrected chi connectivity index (χ4v) is 5.00. The molecule has 0 bridgehead atoms. The van der Waals surface area contributed by atoms with E-state index in [0.717, 1.165) is 11.5 Å². The van der Waals surface area contributed by atoms with Crippen molar-refractivity contribution in [3.05, 3.63) is 53.1 Å². The van der Waals surface area contributed by atoms with Gasteiger partial charge in [-0.15, -0.1) is 0 Å². The number of halogens is 1. The first-order valence-corrected chi connectivity index (χ1v) is 12.8. The Bertz CT molecular complexity index is 1160. The molecule has 198 valence electrons. The molecule has 1 aromatic carbocycles. The number of carbonyl (C=O) groups is 1. The first-order chi connectivity index (χ1) is 16.8. The Morgan fingerprint density at radius 1 is 1.33 bits per heavy atom. The van der Waals surface area contributed by atoms with Crippen LogP contribution in [0.3, 0.4) is 0 Å². The molecule has 1 aromatic heterocycles. The van der Waals surface area contributed by atoms with Gasteiger partial charge in [0.05, 0.1) is 12.7 Å². The van der Waals surface area contributed by atoms with E-state index in [-0.39, 0.29) is 11.6 Å². The van der Waals surface area contributed by atoms with Gasteiger partial charge in [-0.1, -0.05) is 18.2 Å². The number of nitrogens with two attached hydrogens (primary N) is 1. The number of nitrogens with zero attached hydrogens (tertiary/aromatic N) is 1. The number of esters is 1. The van der Waals surface area contributed by atoms with E-state index in [2.05, 4.69) is 10.1 Å². The second-order valence-corrected chi connectivity index (χ2v) is 10.5. The second-order valence-electron chi connectivity index (χ2n) is 8.77. The van der Waals surface area contributed by atoms with Crippen LogP contribution in [0.1, 0.15) is 33.9 Å². The van der Waals surface area contributed by atoms with E-state index in [4.69, 9.17) is 24.3 Å². The molecule has 0 aliphatic carbocycles. The van der Waals surface area contributed by atoms with Crippen LogP contribution in [0.25, 0.3) is 0 Å². The molecule has 6 unspecified atom stereocenters. The number of rotatable bonds is 10. The molecule has 1 fully saturated rings. The summed E-state index contributed by atoms with van der Waals surface area (Å²) >= 11 is 0. The molecular weight excluding hydrogens is 498 g/mol. The lowest BCUT2D eigenvalue weighted by atomic mass is 9.98. The summed E-state index contributed by atoms with van der Waals surface area (Å²) in [6.45, 7) is 5.19. The van der Waals surface area contributed by atoms with Gasteiger partial charge < -0.3 is 24.8 Å². The molecule has 12 nitrogen and oxygen atoms in total. The molecule has 0 spiro atoms. The SMILES string of the molecule is CC(C)OC(=O)C(C)NP(=O)(OCC1OC([n+]2ccc(N)[nH]c2=O)C(C)(F)C1O)Oc1ccccc1. The van der Waals surface area contributed by atoms with Crippen molar-refractivity contribution in [3.63, 3.8) is 0 Å². The second kappa shape index (κ2) is 11.1. The van der Waals surface area contributed by atoms with E-state index in [1.165, 1.54) is 31.3 Å². The lowest BCUT2D eigenvalue weighted by molar-refractivity contribution is -0.783. The summed E-state index contributed by atoms with van der Waals surface area (Å²) in [6, 6.07) is 8.28. The molecule has 14 heteroatoms. The highest BCUT2D eigenvalue weighted by Gasteiger charge is 2.58. The molecule has 0 radical (unpaired) electrons. The van der Waals surface area contributed by atoms with Crippen LogP contribution in [0.5, 0.6) is 5.75 Å². The number of aromatic nitrogens is 2. The quantitative estimate of drug-likeness (QED) is 0.201. The summed E-state index contributed by atoms with van der Waals surface area (Å²) < 4.78 is 51.7. The van der Waals surface area contributed by atoms with Crippen LogP contribution in [0.2, 0.25) is 0 Å². The number of anilines is 1. The van der Waals surface area contributed by atoms with Crippen molar-refractivity contribution in [2.24, 2.45) is 0 Å². The summed E-state index contributed by atoms with van der Waals surface area (Å²) in [5.74, 6) is -0.466. The number of para-hydroxylation sites is 1. The largest absolute Gasteiger partial charge is 0.499 e. The average Bonchev–Trinajstić information content (AvgIpc) is 3.01. The minimum Gasteiger partial charge on any atom is -0.462 e. The lowest BCUT2D eigenvalue weighted by Crippen LogP contribution is -2.60. The molecule has 6 atom stereocenters. The number of alkyl halides is 1. The summed E-state index contributed by atoms with van der Waals surface area (Å²) in [5, 5.41) is 13.1. The van der Waals surface area contributed by atoms with E-state index in [9.17, 15) is 19.3 Å². The molecule has 2 aromatic rings. The number of hydrogen-bond acceptors (Lipinski definition) is 9. The van der Waals surface area contributed by atoms with Crippen LogP contribution in [-0.2, 0) is 23.4 Å². The number of ether oxygens (including phenoxy) is 2. The molecule has 1 saturated heterocycles. The Balaban J connectivity index is 1.79. The number of benzene rings is 1. The minimum absolute atomic E-state index is 0.0606. The highest BCUT2D eigenvalue weighted by molar-refractivity contribution is 7.52. The van der Waals surface area contributed by atoms with Crippen molar-refractivity contribution in [1.29, 1.82) is 0 Å². The maximum atomic E-state index is 15.5. The molecule has 36 heavy (non-hydrogen) atoms. The van der Waals surface area contributed by atoms with Gasteiger partial charge in [-0.05, 0) is 39.8 Å². The third-order valence-corrected chi connectivity index (χ3v) is 6.95. The molecular formula is C22H31FN4O8P+. The maximum absolute atomic E-state index is 15.5. The molecule has 0 amide bonds. The number of aliphatic hydroxyl groups excluding tert-OH is 1. The van der Waals surface area contributed by atoms with Crippen molar-refractivity contribution < 1.29 is 41.9 Å². The van der Waals surface area contributed by atoms with Crippen LogP contribution in [0.15, 0.2) is 47.4 Å². The fraction of sp³-hybridized carbons (Fsp3) is 0.500. The Kier molecular flexibility index (Phi) is 8.52. The van der Waals surface area contributed by atoms with Gasteiger partial charge in [0.15, 0.2) is 5.82 Å². The average molecular weight is 529 g/mol. The zero-order chi connectivity index (χ0) is 26.7. The molecule has 1 aliphatic heterocycles. The Morgan fingerprint density at radius 3 is 2.61 bits per heavy atom. The van der Waals surface area contributed by atoms with E-state index < -0.39 is 62.3 Å². The van der Waals surface area contributed by atoms with Crippen LogP contribution in [0, 0.1) is 0 Å². The van der Waals surface area contributed by atoms with Crippen LogP contribution >= 0.6 is 7.75 Å². The maximum Gasteiger partial charge on any atom is 0.499 e. The highest BCUT2D eigenvalue weighted by Crippen LogP contribution is 2.47. The molecule has 0 saturated carbocycles. The summed E-state index contributed by atoms with van der Waals surface area (Å²) in [5.41, 5.74) is 2.36. The standard InChI is InChI=1S/C22H30FN4O8P/c1-13(2)33-19(29)14(3)26-36(31,35-15-8-6-5-7-9-15)32-12-16-18(28)22(4,23)20(34-16)27-11-10-17(24)25-21(27)30/h5-11,13-14,16,18,20,28H,12H2,1-4H3,(H3,24,25,26,30,31)/p+1.